The standard InChI is InChI=1S/C13H14N2O4S/c1-7(13(17)18)14-11(16)6-9-8(2)19-12(15-9)10-4-3-5-20-10/h3-5,7H,6H2,1-2H3,(H,14,16)(H,17,18)/t7-/m0/s1. The van der Waals surface area contributed by atoms with Crippen molar-refractivity contribution in [2.45, 2.75) is 26.3 Å². The first-order chi connectivity index (χ1) is 9.47. The maximum Gasteiger partial charge on any atom is 0.325 e. The summed E-state index contributed by atoms with van der Waals surface area (Å²) in [7, 11) is 0. The van der Waals surface area contributed by atoms with E-state index in [1.54, 1.807) is 6.92 Å². The van der Waals surface area contributed by atoms with E-state index in [4.69, 9.17) is 9.52 Å². The van der Waals surface area contributed by atoms with Gasteiger partial charge in [0.1, 0.15) is 11.8 Å². The van der Waals surface area contributed by atoms with E-state index in [2.05, 4.69) is 10.3 Å². The molecule has 2 N–H and O–H groups in total. The number of nitrogens with one attached hydrogen (secondary N) is 1. The molecular formula is C13H14N2O4S. The summed E-state index contributed by atoms with van der Waals surface area (Å²) in [6.07, 6.45) is -0.00166. The van der Waals surface area contributed by atoms with E-state index in [1.165, 1.54) is 18.3 Å². The van der Waals surface area contributed by atoms with Crippen LogP contribution in [0.15, 0.2) is 21.9 Å². The second-order valence-corrected chi connectivity index (χ2v) is 5.25. The van der Waals surface area contributed by atoms with Crippen LogP contribution in [0.2, 0.25) is 0 Å². The molecule has 0 aliphatic rings. The molecule has 0 fully saturated rings. The average Bonchev–Trinajstić information content (AvgIpc) is 2.99. The lowest BCUT2D eigenvalue weighted by molar-refractivity contribution is -0.141. The quantitative estimate of drug-likeness (QED) is 0.877. The normalized spacial score (nSPS) is 12.1. The average molecular weight is 294 g/mol. The van der Waals surface area contributed by atoms with E-state index >= 15 is 0 Å². The van der Waals surface area contributed by atoms with Crippen molar-refractivity contribution in [1.82, 2.24) is 10.3 Å². The molecule has 6 nitrogen and oxygen atoms in total. The number of carbonyl (C=O) groups is 2. The fourth-order valence-electron chi connectivity index (χ4n) is 1.60. The molecule has 0 bridgehead atoms. The van der Waals surface area contributed by atoms with Crippen LogP contribution in [0, 0.1) is 6.92 Å². The maximum atomic E-state index is 11.7. The summed E-state index contributed by atoms with van der Waals surface area (Å²) in [5.74, 6) is -0.429. The largest absolute Gasteiger partial charge is 0.480 e. The fraction of sp³-hybridized carbons (Fsp3) is 0.308. The molecule has 0 radical (unpaired) electrons. The third-order valence-corrected chi connectivity index (χ3v) is 3.56. The number of thiophene rings is 1. The minimum Gasteiger partial charge on any atom is -0.480 e. The van der Waals surface area contributed by atoms with Gasteiger partial charge in [-0.05, 0) is 25.3 Å². The molecule has 7 heteroatoms. The number of aryl methyl sites for hydroxylation is 1. The highest BCUT2D eigenvalue weighted by Gasteiger charge is 2.18. The summed E-state index contributed by atoms with van der Waals surface area (Å²) in [5.41, 5.74) is 0.517. The van der Waals surface area contributed by atoms with Gasteiger partial charge in [-0.3, -0.25) is 9.59 Å². The summed E-state index contributed by atoms with van der Waals surface area (Å²) < 4.78 is 5.52. The van der Waals surface area contributed by atoms with Gasteiger partial charge in [0, 0.05) is 0 Å². The molecule has 2 heterocycles. The van der Waals surface area contributed by atoms with Gasteiger partial charge in [0.15, 0.2) is 0 Å². The van der Waals surface area contributed by atoms with Crippen molar-refractivity contribution in [2.24, 2.45) is 0 Å². The van der Waals surface area contributed by atoms with Crippen molar-refractivity contribution in [3.8, 4) is 10.8 Å². The highest BCUT2D eigenvalue weighted by molar-refractivity contribution is 7.13. The molecule has 2 rings (SSSR count). The molecule has 2 aromatic rings. The topological polar surface area (TPSA) is 92.4 Å². The van der Waals surface area contributed by atoms with Gasteiger partial charge in [0.25, 0.3) is 0 Å². The Morgan fingerprint density at radius 3 is 2.90 bits per heavy atom. The van der Waals surface area contributed by atoms with Crippen LogP contribution in [0.3, 0.4) is 0 Å². The van der Waals surface area contributed by atoms with Gasteiger partial charge in [-0.15, -0.1) is 11.3 Å². The van der Waals surface area contributed by atoms with Gasteiger partial charge in [-0.25, -0.2) is 4.98 Å². The number of carbonyl (C=O) groups excluding carboxylic acids is 1. The molecule has 0 aliphatic heterocycles. The molecule has 2 aromatic heterocycles. The SMILES string of the molecule is Cc1oc(-c2cccs2)nc1CC(=O)N[C@@H](C)C(=O)O. The van der Waals surface area contributed by atoms with E-state index < -0.39 is 17.9 Å². The Bertz CT molecular complexity index is 618. The van der Waals surface area contributed by atoms with Gasteiger partial charge in [0.2, 0.25) is 11.8 Å². The van der Waals surface area contributed by atoms with E-state index in [0.717, 1.165) is 4.88 Å². The lowest BCUT2D eigenvalue weighted by Gasteiger charge is -2.07. The number of amides is 1. The van der Waals surface area contributed by atoms with Crippen molar-refractivity contribution < 1.29 is 19.1 Å². The van der Waals surface area contributed by atoms with E-state index in [-0.39, 0.29) is 6.42 Å². The third-order valence-electron chi connectivity index (χ3n) is 2.70. The van der Waals surface area contributed by atoms with Crippen LogP contribution in [-0.2, 0) is 16.0 Å². The molecule has 20 heavy (non-hydrogen) atoms. The second kappa shape index (κ2) is 5.87. The number of nitrogens with zero attached hydrogens (tertiary/aromatic N) is 1. The maximum absolute atomic E-state index is 11.7. The molecule has 0 aromatic carbocycles. The first-order valence-corrected chi connectivity index (χ1v) is 6.87. The van der Waals surface area contributed by atoms with Gasteiger partial charge in [0.05, 0.1) is 17.0 Å². The second-order valence-electron chi connectivity index (χ2n) is 4.30. The molecule has 1 amide bonds. The van der Waals surface area contributed by atoms with Crippen LogP contribution in [-0.4, -0.2) is 28.0 Å². The van der Waals surface area contributed by atoms with Crippen molar-refractivity contribution in [2.75, 3.05) is 0 Å². The molecular weight excluding hydrogens is 280 g/mol. The molecule has 0 spiro atoms. The summed E-state index contributed by atoms with van der Waals surface area (Å²) in [6.45, 7) is 3.14. The molecule has 0 saturated carbocycles. The number of hydrogen-bond donors (Lipinski definition) is 2. The summed E-state index contributed by atoms with van der Waals surface area (Å²) in [6, 6.07) is 2.85. The zero-order chi connectivity index (χ0) is 14.7. The number of oxazole rings is 1. The lowest BCUT2D eigenvalue weighted by atomic mass is 10.2. The number of carboxylic acid groups (broad SMARTS) is 1. The van der Waals surface area contributed by atoms with Crippen LogP contribution in [0.5, 0.6) is 0 Å². The van der Waals surface area contributed by atoms with Crippen LogP contribution in [0.4, 0.5) is 0 Å². The highest BCUT2D eigenvalue weighted by Crippen LogP contribution is 2.25. The van der Waals surface area contributed by atoms with Crippen molar-refractivity contribution in [3.63, 3.8) is 0 Å². The smallest absolute Gasteiger partial charge is 0.325 e. The predicted molar refractivity (Wildman–Crippen MR) is 73.5 cm³/mol. The van der Waals surface area contributed by atoms with E-state index in [9.17, 15) is 9.59 Å². The summed E-state index contributed by atoms with van der Waals surface area (Å²) >= 11 is 1.50. The van der Waals surface area contributed by atoms with E-state index in [0.29, 0.717) is 17.3 Å². The molecule has 0 unspecified atom stereocenters. The Balaban J connectivity index is 2.07. The summed E-state index contributed by atoms with van der Waals surface area (Å²) in [4.78, 5) is 27.6. The number of aromatic nitrogens is 1. The Kier molecular flexibility index (Phi) is 4.19. The van der Waals surface area contributed by atoms with Crippen LogP contribution in [0.1, 0.15) is 18.4 Å². The summed E-state index contributed by atoms with van der Waals surface area (Å²) in [5, 5.41) is 13.0. The van der Waals surface area contributed by atoms with Gasteiger partial charge in [-0.1, -0.05) is 6.07 Å². The van der Waals surface area contributed by atoms with Crippen molar-refractivity contribution in [1.29, 1.82) is 0 Å². The Hall–Kier alpha value is -2.15. The Morgan fingerprint density at radius 1 is 1.55 bits per heavy atom. The fourth-order valence-corrected chi connectivity index (χ4v) is 2.25. The zero-order valence-corrected chi connectivity index (χ0v) is 11.9. The molecule has 0 aliphatic carbocycles. The molecule has 1 atom stereocenters. The van der Waals surface area contributed by atoms with Crippen molar-refractivity contribution >= 4 is 23.2 Å². The first-order valence-electron chi connectivity index (χ1n) is 5.99. The Morgan fingerprint density at radius 2 is 2.30 bits per heavy atom. The Labute approximate surface area is 119 Å². The molecule has 106 valence electrons. The van der Waals surface area contributed by atoms with E-state index in [1.807, 2.05) is 17.5 Å². The van der Waals surface area contributed by atoms with Crippen LogP contribution < -0.4 is 5.32 Å². The minimum absolute atomic E-state index is 0.00166. The minimum atomic E-state index is -1.07. The lowest BCUT2D eigenvalue weighted by Crippen LogP contribution is -2.39. The van der Waals surface area contributed by atoms with Crippen LogP contribution >= 0.6 is 11.3 Å². The first kappa shape index (κ1) is 14.3. The van der Waals surface area contributed by atoms with Gasteiger partial charge in [-0.2, -0.15) is 0 Å². The van der Waals surface area contributed by atoms with Crippen LogP contribution in [0.25, 0.3) is 10.8 Å². The molecule has 0 saturated heterocycles. The zero-order valence-electron chi connectivity index (χ0n) is 11.0. The number of rotatable bonds is 5. The third kappa shape index (κ3) is 3.24. The number of hydrogen-bond acceptors (Lipinski definition) is 5. The van der Waals surface area contributed by atoms with Gasteiger partial charge >= 0.3 is 5.97 Å². The van der Waals surface area contributed by atoms with Gasteiger partial charge < -0.3 is 14.8 Å². The highest BCUT2D eigenvalue weighted by atomic mass is 32.1. The number of aliphatic carboxylic acids is 1. The monoisotopic (exact) mass is 294 g/mol. The number of carboxylic acids is 1. The predicted octanol–water partition coefficient (Wildman–Crippen LogP) is 1.84. The van der Waals surface area contributed by atoms with Crippen molar-refractivity contribution in [3.05, 3.63) is 29.0 Å².